The molecule has 7 nitrogen and oxygen atoms in total. The molecule has 0 fully saturated rings. The number of Topliss-reactive ketones (excluding diaryl/α,β-unsaturated/α-hetero) is 1. The maximum Gasteiger partial charge on any atom is 0.338 e. The summed E-state index contributed by atoms with van der Waals surface area (Å²) >= 11 is 0. The number of carbonyl (C=O) groups is 4. The SMILES string of the molecule is COC(=O)c1ccc(C(=O)OCCOC(=O)c2ccc(C(C)=O)cc2)cc1. The highest BCUT2D eigenvalue weighted by molar-refractivity contribution is 5.96. The van der Waals surface area contributed by atoms with Gasteiger partial charge in [-0.05, 0) is 43.3 Å². The van der Waals surface area contributed by atoms with Gasteiger partial charge in [0.05, 0.1) is 23.8 Å². The van der Waals surface area contributed by atoms with Crippen molar-refractivity contribution < 1.29 is 33.4 Å². The number of hydrogen-bond acceptors (Lipinski definition) is 7. The number of benzene rings is 2. The maximum atomic E-state index is 11.9. The van der Waals surface area contributed by atoms with Crippen LogP contribution in [0.4, 0.5) is 0 Å². The van der Waals surface area contributed by atoms with E-state index in [1.54, 1.807) is 0 Å². The second-order valence-corrected chi connectivity index (χ2v) is 5.47. The largest absolute Gasteiger partial charge is 0.465 e. The van der Waals surface area contributed by atoms with Gasteiger partial charge in [-0.1, -0.05) is 12.1 Å². The molecule has 0 saturated carbocycles. The number of rotatable bonds is 7. The summed E-state index contributed by atoms with van der Waals surface area (Å²) in [6, 6.07) is 11.9. The van der Waals surface area contributed by atoms with E-state index in [9.17, 15) is 19.2 Å². The number of hydrogen-bond donors (Lipinski definition) is 0. The first kappa shape index (κ1) is 19.8. The molecular weight excluding hydrogens is 352 g/mol. The molecule has 0 aliphatic heterocycles. The van der Waals surface area contributed by atoms with Gasteiger partial charge in [-0.25, -0.2) is 14.4 Å². The number of ketones is 1. The molecule has 27 heavy (non-hydrogen) atoms. The Hall–Kier alpha value is -3.48. The first-order valence-corrected chi connectivity index (χ1v) is 8.06. The molecule has 0 N–H and O–H groups in total. The van der Waals surface area contributed by atoms with Gasteiger partial charge in [0, 0.05) is 5.56 Å². The number of esters is 3. The Morgan fingerprint density at radius 3 is 1.30 bits per heavy atom. The average molecular weight is 370 g/mol. The monoisotopic (exact) mass is 370 g/mol. The smallest absolute Gasteiger partial charge is 0.338 e. The Bertz CT molecular complexity index is 836. The maximum absolute atomic E-state index is 11.9. The molecule has 0 aliphatic rings. The third kappa shape index (κ3) is 5.50. The van der Waals surface area contributed by atoms with Crippen molar-refractivity contribution in [3.8, 4) is 0 Å². The van der Waals surface area contributed by atoms with E-state index in [0.717, 1.165) is 0 Å². The lowest BCUT2D eigenvalue weighted by molar-refractivity contribution is 0.0265. The van der Waals surface area contributed by atoms with Crippen molar-refractivity contribution in [3.63, 3.8) is 0 Å². The summed E-state index contributed by atoms with van der Waals surface area (Å²) in [4.78, 5) is 46.3. The van der Waals surface area contributed by atoms with E-state index in [1.807, 2.05) is 0 Å². The number of carbonyl (C=O) groups excluding carboxylic acids is 4. The highest BCUT2D eigenvalue weighted by Crippen LogP contribution is 2.08. The molecule has 0 unspecified atom stereocenters. The lowest BCUT2D eigenvalue weighted by atomic mass is 10.1. The molecule has 0 saturated heterocycles. The Kier molecular flexibility index (Phi) is 6.82. The van der Waals surface area contributed by atoms with Crippen molar-refractivity contribution in [2.75, 3.05) is 20.3 Å². The van der Waals surface area contributed by atoms with Crippen LogP contribution in [0, 0.1) is 0 Å². The first-order valence-electron chi connectivity index (χ1n) is 8.06. The predicted molar refractivity (Wildman–Crippen MR) is 94.8 cm³/mol. The van der Waals surface area contributed by atoms with E-state index < -0.39 is 17.9 Å². The van der Waals surface area contributed by atoms with E-state index >= 15 is 0 Å². The van der Waals surface area contributed by atoms with Gasteiger partial charge >= 0.3 is 17.9 Å². The molecule has 140 valence electrons. The van der Waals surface area contributed by atoms with Gasteiger partial charge in [0.25, 0.3) is 0 Å². The Morgan fingerprint density at radius 1 is 0.630 bits per heavy atom. The fraction of sp³-hybridized carbons (Fsp3) is 0.200. The van der Waals surface area contributed by atoms with Crippen LogP contribution >= 0.6 is 0 Å². The van der Waals surface area contributed by atoms with Crippen LogP contribution in [0.1, 0.15) is 48.4 Å². The van der Waals surface area contributed by atoms with E-state index in [4.69, 9.17) is 9.47 Å². The lowest BCUT2D eigenvalue weighted by Gasteiger charge is -2.07. The van der Waals surface area contributed by atoms with Gasteiger partial charge in [0.2, 0.25) is 0 Å². The normalized spacial score (nSPS) is 10.0. The minimum absolute atomic E-state index is 0.0959. The fourth-order valence-corrected chi connectivity index (χ4v) is 2.14. The van der Waals surface area contributed by atoms with Gasteiger partial charge in [0.1, 0.15) is 13.2 Å². The summed E-state index contributed by atoms with van der Waals surface area (Å²) in [6.45, 7) is 1.21. The standard InChI is InChI=1S/C20H18O7/c1-13(21)14-3-5-16(6-4-14)19(23)26-11-12-27-20(24)17-9-7-15(8-10-17)18(22)25-2/h3-10H,11-12H2,1-2H3. The summed E-state index contributed by atoms with van der Waals surface area (Å²) in [5.41, 5.74) is 1.37. The number of methoxy groups -OCH3 is 1. The number of ether oxygens (including phenoxy) is 3. The van der Waals surface area contributed by atoms with E-state index in [0.29, 0.717) is 16.7 Å². The summed E-state index contributed by atoms with van der Waals surface area (Å²) in [5.74, 6) is -1.78. The molecule has 2 rings (SSSR count). The van der Waals surface area contributed by atoms with Gasteiger partial charge in [-0.2, -0.15) is 0 Å². The average Bonchev–Trinajstić information content (AvgIpc) is 2.70. The van der Waals surface area contributed by atoms with Crippen molar-refractivity contribution >= 4 is 23.7 Å². The Morgan fingerprint density at radius 2 is 0.963 bits per heavy atom. The molecule has 0 aromatic heterocycles. The summed E-state index contributed by atoms with van der Waals surface area (Å²) in [5, 5.41) is 0. The van der Waals surface area contributed by atoms with Crippen molar-refractivity contribution in [1.82, 2.24) is 0 Å². The fourth-order valence-electron chi connectivity index (χ4n) is 2.14. The minimum atomic E-state index is -0.603. The van der Waals surface area contributed by atoms with Crippen molar-refractivity contribution in [2.45, 2.75) is 6.92 Å². The minimum Gasteiger partial charge on any atom is -0.465 e. The van der Waals surface area contributed by atoms with Crippen molar-refractivity contribution in [2.24, 2.45) is 0 Å². The molecule has 0 aliphatic carbocycles. The van der Waals surface area contributed by atoms with Gasteiger partial charge in [-0.15, -0.1) is 0 Å². The zero-order valence-electron chi connectivity index (χ0n) is 14.9. The van der Waals surface area contributed by atoms with Crippen LogP contribution in [0.5, 0.6) is 0 Å². The van der Waals surface area contributed by atoms with Crippen LogP contribution in [0.2, 0.25) is 0 Å². The molecule has 2 aromatic carbocycles. The van der Waals surface area contributed by atoms with E-state index in [2.05, 4.69) is 4.74 Å². The summed E-state index contributed by atoms with van der Waals surface area (Å²) in [6.07, 6.45) is 0. The third-order valence-corrected chi connectivity index (χ3v) is 3.62. The summed E-state index contributed by atoms with van der Waals surface area (Å²) in [7, 11) is 1.27. The van der Waals surface area contributed by atoms with Crippen molar-refractivity contribution in [3.05, 3.63) is 70.8 Å². The molecule has 7 heteroatoms. The quantitative estimate of drug-likeness (QED) is 0.320. The Balaban J connectivity index is 1.78. The Labute approximate surface area is 155 Å². The van der Waals surface area contributed by atoms with Crippen LogP contribution < -0.4 is 0 Å². The predicted octanol–water partition coefficient (Wildman–Crippen LogP) is 2.69. The first-order chi connectivity index (χ1) is 12.9. The molecule has 0 bridgehead atoms. The molecule has 0 amide bonds. The summed E-state index contributed by atoms with van der Waals surface area (Å²) < 4.78 is 14.6. The van der Waals surface area contributed by atoms with Crippen molar-refractivity contribution in [1.29, 1.82) is 0 Å². The van der Waals surface area contributed by atoms with E-state index in [1.165, 1.54) is 62.6 Å². The van der Waals surface area contributed by atoms with Crippen LogP contribution in [-0.4, -0.2) is 44.0 Å². The third-order valence-electron chi connectivity index (χ3n) is 3.62. The molecule has 0 spiro atoms. The second kappa shape index (κ2) is 9.28. The zero-order chi connectivity index (χ0) is 19.8. The molecule has 0 radical (unpaired) electrons. The zero-order valence-corrected chi connectivity index (χ0v) is 14.9. The van der Waals surface area contributed by atoms with Crippen LogP contribution in [-0.2, 0) is 14.2 Å². The molecule has 0 heterocycles. The highest BCUT2D eigenvalue weighted by atomic mass is 16.6. The van der Waals surface area contributed by atoms with Crippen LogP contribution in [0.3, 0.4) is 0 Å². The van der Waals surface area contributed by atoms with Gasteiger partial charge in [-0.3, -0.25) is 4.79 Å². The molecule has 0 atom stereocenters. The molecule has 2 aromatic rings. The van der Waals surface area contributed by atoms with Crippen LogP contribution in [0.25, 0.3) is 0 Å². The lowest BCUT2D eigenvalue weighted by Crippen LogP contribution is -2.14. The second-order valence-electron chi connectivity index (χ2n) is 5.47. The topological polar surface area (TPSA) is 96.0 Å². The molecular formula is C20H18O7. The highest BCUT2D eigenvalue weighted by Gasteiger charge is 2.11. The van der Waals surface area contributed by atoms with E-state index in [-0.39, 0.29) is 24.6 Å². The van der Waals surface area contributed by atoms with Crippen LogP contribution in [0.15, 0.2) is 48.5 Å². The van der Waals surface area contributed by atoms with Gasteiger partial charge < -0.3 is 14.2 Å². The van der Waals surface area contributed by atoms with Gasteiger partial charge in [0.15, 0.2) is 5.78 Å².